The van der Waals surface area contributed by atoms with Crippen molar-refractivity contribution in [2.24, 2.45) is 0 Å². The van der Waals surface area contributed by atoms with E-state index >= 15 is 0 Å². The van der Waals surface area contributed by atoms with Crippen LogP contribution in [0.3, 0.4) is 0 Å². The van der Waals surface area contributed by atoms with Gasteiger partial charge in [-0.2, -0.15) is 0 Å². The highest BCUT2D eigenvalue weighted by Gasteiger charge is 1.88. The molecule has 9 heavy (non-hydrogen) atoms. The molecule has 1 rings (SSSR count). The summed E-state index contributed by atoms with van der Waals surface area (Å²) in [6.45, 7) is 1.98. The zero-order valence-electron chi connectivity index (χ0n) is 5.39. The van der Waals surface area contributed by atoms with Crippen LogP contribution in [0.4, 0.5) is 0 Å². The van der Waals surface area contributed by atoms with E-state index in [1.165, 1.54) is 0 Å². The quantitative estimate of drug-likeness (QED) is 0.400. The fraction of sp³-hybridized carbons (Fsp3) is 0.143. The average molecular weight is 112 g/mol. The van der Waals surface area contributed by atoms with Crippen LogP contribution in [-0.4, -0.2) is 15.7 Å². The van der Waals surface area contributed by atoms with Crippen molar-refractivity contribution in [2.75, 3.05) is 0 Å². The Morgan fingerprint density at radius 2 is 1.78 bits per heavy atom. The Kier molecular flexibility index (Phi) is 1.65. The molecule has 0 spiro atoms. The molecule has 0 N–H and O–H groups in total. The van der Waals surface area contributed by atoms with Gasteiger partial charge >= 0.3 is 0 Å². The van der Waals surface area contributed by atoms with Crippen molar-refractivity contribution in [3.8, 4) is 0 Å². The maximum Gasteiger partial charge on any atom is 0.112 e. The zero-order chi connectivity index (χ0) is 6.85. The molecule has 0 bridgehead atoms. The van der Waals surface area contributed by atoms with E-state index in [2.05, 4.69) is 0 Å². The number of aryl methyl sites for hydroxylation is 1. The Balaban J connectivity index is 3.17. The Morgan fingerprint density at radius 3 is 2.22 bits per heavy atom. The Hall–Kier alpha value is -0.650. The first-order chi connectivity index (χ1) is 4.20. The van der Waals surface area contributed by atoms with Crippen LogP contribution < -0.4 is 10.9 Å². The molecule has 0 unspecified atom stereocenters. The maximum absolute atomic E-state index is 5.50. The molecule has 0 aliphatic rings. The topological polar surface area (TPSA) is 0 Å². The number of hydrogen-bond donors (Lipinski definition) is 0. The van der Waals surface area contributed by atoms with E-state index in [1.54, 1.807) is 0 Å². The molecule has 0 saturated heterocycles. The van der Waals surface area contributed by atoms with Gasteiger partial charge in [-0.1, -0.05) is 23.8 Å². The van der Waals surface area contributed by atoms with Gasteiger partial charge in [0.25, 0.3) is 0 Å². The summed E-state index contributed by atoms with van der Waals surface area (Å²) in [6.07, 6.45) is 0. The normalized spacial score (nSPS) is 9.44. The lowest BCUT2D eigenvalue weighted by Gasteiger charge is -1.99. The molecule has 40 valence electrons. The van der Waals surface area contributed by atoms with Gasteiger partial charge in [0.15, 0.2) is 0 Å². The van der Waals surface area contributed by atoms with Gasteiger partial charge in [-0.25, -0.2) is 0 Å². The minimum atomic E-state index is 0.653. The third kappa shape index (κ3) is 1.38. The summed E-state index contributed by atoms with van der Waals surface area (Å²) in [5.74, 6) is 0. The van der Waals surface area contributed by atoms with E-state index in [-0.39, 0.29) is 0 Å². The molecule has 0 heterocycles. The molecule has 4 radical (unpaired) electrons. The highest BCUT2D eigenvalue weighted by Crippen LogP contribution is 1.88. The maximum atomic E-state index is 5.50. The molecule has 0 amide bonds. The first-order valence-electron chi connectivity index (χ1n) is 2.82. The molecule has 1 aromatic carbocycles. The minimum absolute atomic E-state index is 0.653. The van der Waals surface area contributed by atoms with Crippen molar-refractivity contribution < 1.29 is 0 Å². The third-order valence-electron chi connectivity index (χ3n) is 1.24. The summed E-state index contributed by atoms with van der Waals surface area (Å²) in [5, 5.41) is 0. The second-order valence-corrected chi connectivity index (χ2v) is 2.13. The summed E-state index contributed by atoms with van der Waals surface area (Å²) < 4.78 is 0. The van der Waals surface area contributed by atoms with Crippen LogP contribution in [0.5, 0.6) is 0 Å². The predicted octanol–water partition coefficient (Wildman–Crippen LogP) is -0.417. The lowest BCUT2D eigenvalue weighted by Crippen LogP contribution is -2.25. The molecule has 0 nitrogen and oxygen atoms in total. The van der Waals surface area contributed by atoms with E-state index in [4.69, 9.17) is 15.7 Å². The van der Waals surface area contributed by atoms with E-state index in [9.17, 15) is 0 Å². The van der Waals surface area contributed by atoms with Crippen molar-refractivity contribution in [2.45, 2.75) is 6.92 Å². The second-order valence-electron chi connectivity index (χ2n) is 2.13. The van der Waals surface area contributed by atoms with Crippen LogP contribution in [-0.2, 0) is 0 Å². The molecule has 1 aromatic rings. The lowest BCUT2D eigenvalue weighted by molar-refractivity contribution is 1.51. The van der Waals surface area contributed by atoms with E-state index < -0.39 is 0 Å². The van der Waals surface area contributed by atoms with Crippen molar-refractivity contribution >= 4 is 26.6 Å². The van der Waals surface area contributed by atoms with Gasteiger partial charge in [0.1, 0.15) is 15.7 Å². The van der Waals surface area contributed by atoms with Gasteiger partial charge in [0.2, 0.25) is 0 Å². The highest BCUT2D eigenvalue weighted by atomic mass is 13.9. The highest BCUT2D eigenvalue weighted by molar-refractivity contribution is 6.48. The van der Waals surface area contributed by atoms with Crippen LogP contribution in [0.25, 0.3) is 0 Å². The summed E-state index contributed by atoms with van der Waals surface area (Å²) in [5.41, 5.74) is 2.46. The monoisotopic (exact) mass is 112 g/mol. The average Bonchev–Trinajstić information content (AvgIpc) is 1.80. The van der Waals surface area contributed by atoms with Gasteiger partial charge in [0.05, 0.1) is 0 Å². The SMILES string of the molecule is [B]c1ccc(C)cc1[B]. The van der Waals surface area contributed by atoms with E-state index in [0.717, 1.165) is 5.56 Å². The molecule has 0 fully saturated rings. The molecular formula is C7H6B2. The van der Waals surface area contributed by atoms with Crippen LogP contribution in [0.15, 0.2) is 18.2 Å². The number of hydrogen-bond acceptors (Lipinski definition) is 0. The molecule has 2 heteroatoms. The molecule has 0 atom stereocenters. The second kappa shape index (κ2) is 2.30. The number of benzene rings is 1. The van der Waals surface area contributed by atoms with Gasteiger partial charge in [0, 0.05) is 0 Å². The minimum Gasteiger partial charge on any atom is -0.104 e. The Bertz CT molecular complexity index is 218. The standard InChI is InChI=1S/C7H6B2/c1-5-2-3-6(8)7(9)4-5/h2-4H,1H3. The summed E-state index contributed by atoms with van der Waals surface area (Å²) in [6, 6.07) is 5.60. The van der Waals surface area contributed by atoms with Crippen LogP contribution in [0, 0.1) is 6.92 Å². The van der Waals surface area contributed by atoms with Crippen LogP contribution >= 0.6 is 0 Å². The summed E-state index contributed by atoms with van der Waals surface area (Å²) in [7, 11) is 11.0. The summed E-state index contributed by atoms with van der Waals surface area (Å²) in [4.78, 5) is 0. The lowest BCUT2D eigenvalue weighted by atomic mass is 9.80. The molecular weight excluding hydrogens is 106 g/mol. The molecule has 0 saturated carbocycles. The third-order valence-corrected chi connectivity index (χ3v) is 1.24. The Labute approximate surface area is 58.1 Å². The van der Waals surface area contributed by atoms with Crippen LogP contribution in [0.1, 0.15) is 5.56 Å². The fourth-order valence-corrected chi connectivity index (χ4v) is 0.694. The molecule has 0 aliphatic carbocycles. The summed E-state index contributed by atoms with van der Waals surface area (Å²) >= 11 is 0. The predicted molar refractivity (Wildman–Crippen MR) is 42.0 cm³/mol. The van der Waals surface area contributed by atoms with Crippen LogP contribution in [0.2, 0.25) is 0 Å². The largest absolute Gasteiger partial charge is 0.112 e. The van der Waals surface area contributed by atoms with Gasteiger partial charge < -0.3 is 0 Å². The van der Waals surface area contributed by atoms with Gasteiger partial charge in [-0.15, -0.1) is 10.9 Å². The molecule has 0 aromatic heterocycles. The van der Waals surface area contributed by atoms with Crippen molar-refractivity contribution in [1.82, 2.24) is 0 Å². The smallest absolute Gasteiger partial charge is 0.104 e. The Morgan fingerprint density at radius 1 is 1.11 bits per heavy atom. The van der Waals surface area contributed by atoms with Crippen molar-refractivity contribution in [1.29, 1.82) is 0 Å². The van der Waals surface area contributed by atoms with E-state index in [1.807, 2.05) is 25.1 Å². The van der Waals surface area contributed by atoms with E-state index in [0.29, 0.717) is 10.9 Å². The van der Waals surface area contributed by atoms with Gasteiger partial charge in [-0.3, -0.25) is 0 Å². The van der Waals surface area contributed by atoms with Crippen molar-refractivity contribution in [3.63, 3.8) is 0 Å². The first kappa shape index (κ1) is 6.47. The first-order valence-corrected chi connectivity index (χ1v) is 2.82. The molecule has 0 aliphatic heterocycles. The number of rotatable bonds is 0. The fourth-order valence-electron chi connectivity index (χ4n) is 0.694. The van der Waals surface area contributed by atoms with Gasteiger partial charge in [-0.05, 0) is 6.92 Å². The zero-order valence-corrected chi connectivity index (χ0v) is 5.39. The van der Waals surface area contributed by atoms with Crippen molar-refractivity contribution in [3.05, 3.63) is 23.8 Å².